The Labute approximate surface area is 95.0 Å². The van der Waals surface area contributed by atoms with Crippen molar-refractivity contribution in [3.05, 3.63) is 0 Å². The summed E-state index contributed by atoms with van der Waals surface area (Å²) in [6.07, 6.45) is 6.65. The Morgan fingerprint density at radius 1 is 1.20 bits per heavy atom. The Bertz CT molecular complexity index is 172. The quantitative estimate of drug-likeness (QED) is 0.664. The molecule has 1 rings (SSSR count). The molecular formula is C13H27NO. The van der Waals surface area contributed by atoms with Crippen LogP contribution in [0.4, 0.5) is 0 Å². The fraction of sp³-hybridized carbons (Fsp3) is 1.00. The summed E-state index contributed by atoms with van der Waals surface area (Å²) >= 11 is 0. The maximum atomic E-state index is 5.80. The van der Waals surface area contributed by atoms with Gasteiger partial charge in [0, 0.05) is 6.54 Å². The first-order chi connectivity index (χ1) is 7.16. The van der Waals surface area contributed by atoms with Crippen LogP contribution in [0.1, 0.15) is 46.0 Å². The van der Waals surface area contributed by atoms with Gasteiger partial charge in [0.15, 0.2) is 0 Å². The van der Waals surface area contributed by atoms with Crippen molar-refractivity contribution in [1.82, 2.24) is 4.90 Å². The lowest BCUT2D eigenvalue weighted by Gasteiger charge is -2.27. The maximum absolute atomic E-state index is 5.80. The highest BCUT2D eigenvalue weighted by molar-refractivity contribution is 4.73. The Morgan fingerprint density at radius 3 is 2.73 bits per heavy atom. The van der Waals surface area contributed by atoms with E-state index in [4.69, 9.17) is 4.74 Å². The van der Waals surface area contributed by atoms with Crippen molar-refractivity contribution in [3.63, 3.8) is 0 Å². The molecule has 0 aromatic heterocycles. The minimum atomic E-state index is 0.420. The molecule has 2 nitrogen and oxygen atoms in total. The highest BCUT2D eigenvalue weighted by atomic mass is 16.5. The van der Waals surface area contributed by atoms with Gasteiger partial charge in [0.2, 0.25) is 0 Å². The molecule has 90 valence electrons. The van der Waals surface area contributed by atoms with Crippen molar-refractivity contribution in [2.75, 3.05) is 33.4 Å². The third-order valence-electron chi connectivity index (χ3n) is 3.74. The van der Waals surface area contributed by atoms with Gasteiger partial charge in [0.1, 0.15) is 0 Å². The molecule has 1 unspecified atom stereocenters. The number of ether oxygens (including phenoxy) is 1. The van der Waals surface area contributed by atoms with E-state index in [0.29, 0.717) is 5.41 Å². The van der Waals surface area contributed by atoms with Gasteiger partial charge in [-0.25, -0.2) is 0 Å². The fourth-order valence-electron chi connectivity index (χ4n) is 2.11. The Kier molecular flexibility index (Phi) is 5.62. The predicted molar refractivity (Wildman–Crippen MR) is 65.2 cm³/mol. The summed E-state index contributed by atoms with van der Waals surface area (Å²) in [6.45, 7) is 8.80. The van der Waals surface area contributed by atoms with E-state index in [1.165, 1.54) is 38.6 Å². The third kappa shape index (κ3) is 4.98. The van der Waals surface area contributed by atoms with E-state index in [2.05, 4.69) is 25.8 Å². The lowest BCUT2D eigenvalue weighted by molar-refractivity contribution is 0.0380. The smallest absolute Gasteiger partial charge is 0.0593 e. The van der Waals surface area contributed by atoms with Gasteiger partial charge in [-0.2, -0.15) is 0 Å². The van der Waals surface area contributed by atoms with Gasteiger partial charge in [0.05, 0.1) is 13.2 Å². The summed E-state index contributed by atoms with van der Waals surface area (Å²) in [4.78, 5) is 2.38. The molecule has 0 aromatic rings. The van der Waals surface area contributed by atoms with Crippen LogP contribution in [0.3, 0.4) is 0 Å². The molecule has 1 aliphatic heterocycles. The standard InChI is InChI=1S/C13H27NO/c1-4-13(2)8-6-5-7-9-14(3)10-11-15-12-13/h4-12H2,1-3H3. The highest BCUT2D eigenvalue weighted by Crippen LogP contribution is 2.29. The molecule has 0 spiro atoms. The van der Waals surface area contributed by atoms with Crippen molar-refractivity contribution in [1.29, 1.82) is 0 Å². The van der Waals surface area contributed by atoms with Gasteiger partial charge in [0.25, 0.3) is 0 Å². The van der Waals surface area contributed by atoms with Crippen molar-refractivity contribution in [2.45, 2.75) is 46.0 Å². The Morgan fingerprint density at radius 2 is 2.00 bits per heavy atom. The largest absolute Gasteiger partial charge is 0.380 e. The van der Waals surface area contributed by atoms with Gasteiger partial charge in [-0.3, -0.25) is 0 Å². The minimum absolute atomic E-state index is 0.420. The van der Waals surface area contributed by atoms with Crippen LogP contribution in [0.2, 0.25) is 0 Å². The van der Waals surface area contributed by atoms with Crippen LogP contribution < -0.4 is 0 Å². The van der Waals surface area contributed by atoms with E-state index in [1.54, 1.807) is 0 Å². The molecule has 1 fully saturated rings. The van der Waals surface area contributed by atoms with Crippen LogP contribution in [0, 0.1) is 5.41 Å². The first-order valence-corrected chi connectivity index (χ1v) is 6.42. The molecule has 0 bridgehead atoms. The van der Waals surface area contributed by atoms with Crippen LogP contribution in [0.25, 0.3) is 0 Å². The normalized spacial score (nSPS) is 32.2. The average molecular weight is 213 g/mol. The monoisotopic (exact) mass is 213 g/mol. The first-order valence-electron chi connectivity index (χ1n) is 6.42. The van der Waals surface area contributed by atoms with Crippen molar-refractivity contribution < 1.29 is 4.74 Å². The van der Waals surface area contributed by atoms with Gasteiger partial charge < -0.3 is 9.64 Å². The minimum Gasteiger partial charge on any atom is -0.380 e. The number of hydrogen-bond donors (Lipinski definition) is 0. The Hall–Kier alpha value is -0.0800. The molecule has 1 heterocycles. The van der Waals surface area contributed by atoms with E-state index in [-0.39, 0.29) is 0 Å². The predicted octanol–water partition coefficient (Wildman–Crippen LogP) is 2.93. The molecule has 0 aromatic carbocycles. The Balaban J connectivity index is 2.40. The van der Waals surface area contributed by atoms with Crippen molar-refractivity contribution in [3.8, 4) is 0 Å². The summed E-state index contributed by atoms with van der Waals surface area (Å²) in [7, 11) is 2.19. The summed E-state index contributed by atoms with van der Waals surface area (Å²) in [5.41, 5.74) is 0.420. The zero-order chi connectivity index (χ0) is 11.1. The molecule has 15 heavy (non-hydrogen) atoms. The molecule has 1 aliphatic rings. The summed E-state index contributed by atoms with van der Waals surface area (Å²) in [6, 6.07) is 0. The first kappa shape index (κ1) is 13.0. The third-order valence-corrected chi connectivity index (χ3v) is 3.74. The van der Waals surface area contributed by atoms with Gasteiger partial charge >= 0.3 is 0 Å². The lowest BCUT2D eigenvalue weighted by atomic mass is 9.83. The lowest BCUT2D eigenvalue weighted by Crippen LogP contribution is -2.26. The average Bonchev–Trinajstić information content (AvgIpc) is 2.26. The maximum Gasteiger partial charge on any atom is 0.0593 e. The van der Waals surface area contributed by atoms with E-state index >= 15 is 0 Å². The van der Waals surface area contributed by atoms with Crippen LogP contribution in [0.5, 0.6) is 0 Å². The van der Waals surface area contributed by atoms with Crippen LogP contribution >= 0.6 is 0 Å². The second-order valence-corrected chi connectivity index (χ2v) is 5.33. The van der Waals surface area contributed by atoms with E-state index in [9.17, 15) is 0 Å². The van der Waals surface area contributed by atoms with Gasteiger partial charge in [-0.1, -0.05) is 26.7 Å². The molecule has 0 radical (unpaired) electrons. The summed E-state index contributed by atoms with van der Waals surface area (Å²) in [5, 5.41) is 0. The second-order valence-electron chi connectivity index (χ2n) is 5.33. The van der Waals surface area contributed by atoms with Crippen LogP contribution in [-0.4, -0.2) is 38.3 Å². The van der Waals surface area contributed by atoms with Crippen LogP contribution in [0.15, 0.2) is 0 Å². The fourth-order valence-corrected chi connectivity index (χ4v) is 2.11. The zero-order valence-corrected chi connectivity index (χ0v) is 10.7. The number of rotatable bonds is 1. The summed E-state index contributed by atoms with van der Waals surface area (Å²) < 4.78 is 5.80. The molecule has 0 amide bonds. The second kappa shape index (κ2) is 6.49. The molecule has 1 atom stereocenters. The van der Waals surface area contributed by atoms with E-state index in [0.717, 1.165) is 19.8 Å². The topological polar surface area (TPSA) is 12.5 Å². The molecule has 1 saturated heterocycles. The molecular weight excluding hydrogens is 186 g/mol. The SMILES string of the molecule is CCC1(C)CCCCCN(C)CCOC1. The van der Waals surface area contributed by atoms with E-state index in [1.807, 2.05) is 0 Å². The molecule has 0 aliphatic carbocycles. The molecule has 0 saturated carbocycles. The molecule has 2 heteroatoms. The van der Waals surface area contributed by atoms with Crippen molar-refractivity contribution >= 4 is 0 Å². The van der Waals surface area contributed by atoms with E-state index < -0.39 is 0 Å². The van der Waals surface area contributed by atoms with Gasteiger partial charge in [-0.15, -0.1) is 0 Å². The molecule has 0 N–H and O–H groups in total. The van der Waals surface area contributed by atoms with Gasteiger partial charge in [-0.05, 0) is 38.3 Å². The van der Waals surface area contributed by atoms with Crippen LogP contribution in [-0.2, 0) is 4.74 Å². The van der Waals surface area contributed by atoms with Crippen molar-refractivity contribution in [2.24, 2.45) is 5.41 Å². The summed E-state index contributed by atoms with van der Waals surface area (Å²) in [5.74, 6) is 0. The zero-order valence-electron chi connectivity index (χ0n) is 10.7. The number of likely N-dealkylation sites (N-methyl/N-ethyl adjacent to an activating group) is 1. The number of hydrogen-bond acceptors (Lipinski definition) is 2. The number of nitrogens with zero attached hydrogens (tertiary/aromatic N) is 1. The highest BCUT2D eigenvalue weighted by Gasteiger charge is 2.22.